The fourth-order valence-corrected chi connectivity index (χ4v) is 2.79. The van der Waals surface area contributed by atoms with E-state index in [-0.39, 0.29) is 11.8 Å². The zero-order chi connectivity index (χ0) is 13.3. The first-order chi connectivity index (χ1) is 7.91. The summed E-state index contributed by atoms with van der Waals surface area (Å²) in [5.74, 6) is 0.160. The maximum absolute atomic E-state index is 11.7. The molecule has 1 unspecified atom stereocenters. The zero-order valence-corrected chi connectivity index (χ0v) is 12.1. The minimum absolute atomic E-state index is 0.122. The summed E-state index contributed by atoms with van der Waals surface area (Å²) < 4.78 is 31.1. The first kappa shape index (κ1) is 16.8. The number of hydrogen-bond donors (Lipinski definition) is 2. The van der Waals surface area contributed by atoms with Crippen LogP contribution in [0.5, 0.6) is 0 Å². The molecule has 0 bridgehead atoms. The van der Waals surface area contributed by atoms with Crippen molar-refractivity contribution >= 4 is 10.0 Å². The van der Waals surface area contributed by atoms with Crippen LogP contribution in [0.2, 0.25) is 0 Å². The van der Waals surface area contributed by atoms with Crippen molar-refractivity contribution in [1.29, 1.82) is 0 Å². The van der Waals surface area contributed by atoms with Gasteiger partial charge in [-0.05, 0) is 19.4 Å². The van der Waals surface area contributed by atoms with Gasteiger partial charge in [0.25, 0.3) is 0 Å². The summed E-state index contributed by atoms with van der Waals surface area (Å²) in [6.45, 7) is 7.16. The molecule has 0 aromatic carbocycles. The van der Waals surface area contributed by atoms with Gasteiger partial charge in [-0.3, -0.25) is 0 Å². The molecule has 0 aromatic rings. The second kappa shape index (κ2) is 8.85. The third-order valence-corrected chi connectivity index (χ3v) is 3.87. The minimum Gasteiger partial charge on any atom is -0.383 e. The molecule has 2 N–H and O–H groups in total. The van der Waals surface area contributed by atoms with Crippen molar-refractivity contribution in [2.75, 3.05) is 26.0 Å². The summed E-state index contributed by atoms with van der Waals surface area (Å²) >= 11 is 0. The molecule has 0 heterocycles. The van der Waals surface area contributed by atoms with E-state index in [1.807, 2.05) is 20.8 Å². The van der Waals surface area contributed by atoms with Crippen molar-refractivity contribution in [2.45, 2.75) is 45.7 Å². The highest BCUT2D eigenvalue weighted by Gasteiger charge is 2.15. The van der Waals surface area contributed by atoms with Crippen LogP contribution in [0.3, 0.4) is 0 Å². The lowest BCUT2D eigenvalue weighted by molar-refractivity contribution is 0.173. The number of rotatable bonds is 10. The van der Waals surface area contributed by atoms with Gasteiger partial charge in [0.2, 0.25) is 10.0 Å². The van der Waals surface area contributed by atoms with E-state index in [1.165, 1.54) is 0 Å². The highest BCUT2D eigenvalue weighted by atomic mass is 32.2. The second-order valence-electron chi connectivity index (χ2n) is 4.46. The van der Waals surface area contributed by atoms with Crippen LogP contribution >= 0.6 is 0 Å². The quantitative estimate of drug-likeness (QED) is 0.572. The summed E-state index contributed by atoms with van der Waals surface area (Å²) in [5.41, 5.74) is 0. The highest BCUT2D eigenvalue weighted by Crippen LogP contribution is 1.97. The second-order valence-corrected chi connectivity index (χ2v) is 6.33. The van der Waals surface area contributed by atoms with Gasteiger partial charge in [0.05, 0.1) is 12.4 Å². The lowest BCUT2D eigenvalue weighted by Gasteiger charge is -2.16. The standard InChI is InChI=1S/C11H26N2O3S/c1-5-11(9-16-4)13-17(14,15)8-6-7-12-10(2)3/h10-13H,5-9H2,1-4H3. The molecule has 0 saturated carbocycles. The van der Waals surface area contributed by atoms with Crippen molar-refractivity contribution in [3.8, 4) is 0 Å². The average Bonchev–Trinajstić information content (AvgIpc) is 2.23. The fraction of sp³-hybridized carbons (Fsp3) is 1.00. The van der Waals surface area contributed by atoms with Crippen LogP contribution in [0.1, 0.15) is 33.6 Å². The summed E-state index contributed by atoms with van der Waals surface area (Å²) in [7, 11) is -1.61. The van der Waals surface area contributed by atoms with Crippen LogP contribution in [0, 0.1) is 0 Å². The van der Waals surface area contributed by atoms with Crippen LogP contribution in [0.15, 0.2) is 0 Å². The SMILES string of the molecule is CCC(COC)NS(=O)(=O)CCCNC(C)C. The van der Waals surface area contributed by atoms with Gasteiger partial charge in [-0.15, -0.1) is 0 Å². The molecule has 0 spiro atoms. The van der Waals surface area contributed by atoms with E-state index >= 15 is 0 Å². The molecule has 104 valence electrons. The third-order valence-electron chi connectivity index (χ3n) is 2.35. The van der Waals surface area contributed by atoms with E-state index < -0.39 is 10.0 Å². The highest BCUT2D eigenvalue weighted by molar-refractivity contribution is 7.89. The molecule has 0 aromatic heterocycles. The molecule has 0 aliphatic rings. The van der Waals surface area contributed by atoms with Crippen LogP contribution in [0.4, 0.5) is 0 Å². The predicted molar refractivity (Wildman–Crippen MR) is 70.6 cm³/mol. The fourth-order valence-electron chi connectivity index (χ4n) is 1.40. The van der Waals surface area contributed by atoms with Crippen molar-refractivity contribution in [3.05, 3.63) is 0 Å². The summed E-state index contributed by atoms with van der Waals surface area (Å²) in [5, 5.41) is 3.19. The van der Waals surface area contributed by atoms with Crippen LogP contribution in [-0.4, -0.2) is 46.5 Å². The molecule has 0 radical (unpaired) electrons. The van der Waals surface area contributed by atoms with Crippen molar-refractivity contribution in [2.24, 2.45) is 0 Å². The molecule has 0 aliphatic carbocycles. The van der Waals surface area contributed by atoms with Crippen LogP contribution in [-0.2, 0) is 14.8 Å². The molecule has 0 rings (SSSR count). The van der Waals surface area contributed by atoms with Gasteiger partial charge in [-0.2, -0.15) is 0 Å². The van der Waals surface area contributed by atoms with Crippen molar-refractivity contribution in [3.63, 3.8) is 0 Å². The predicted octanol–water partition coefficient (Wildman–Crippen LogP) is 0.719. The molecule has 5 nitrogen and oxygen atoms in total. The molecular weight excluding hydrogens is 240 g/mol. The maximum atomic E-state index is 11.7. The summed E-state index contributed by atoms with van der Waals surface area (Å²) in [6.07, 6.45) is 1.36. The largest absolute Gasteiger partial charge is 0.383 e. The van der Waals surface area contributed by atoms with Gasteiger partial charge in [-0.1, -0.05) is 20.8 Å². The number of ether oxygens (including phenoxy) is 1. The third kappa shape index (κ3) is 9.52. The maximum Gasteiger partial charge on any atom is 0.211 e. The lowest BCUT2D eigenvalue weighted by atomic mass is 10.3. The van der Waals surface area contributed by atoms with E-state index in [9.17, 15) is 8.42 Å². The molecule has 1 atom stereocenters. The Morgan fingerprint density at radius 3 is 2.41 bits per heavy atom. The Bertz CT molecular complexity index is 278. The van der Waals surface area contributed by atoms with Gasteiger partial charge in [0.1, 0.15) is 0 Å². The van der Waals surface area contributed by atoms with Gasteiger partial charge in [0.15, 0.2) is 0 Å². The number of hydrogen-bond acceptors (Lipinski definition) is 4. The van der Waals surface area contributed by atoms with Crippen LogP contribution < -0.4 is 10.0 Å². The Balaban J connectivity index is 3.93. The Morgan fingerprint density at radius 1 is 1.29 bits per heavy atom. The lowest BCUT2D eigenvalue weighted by Crippen LogP contribution is -2.39. The zero-order valence-electron chi connectivity index (χ0n) is 11.3. The monoisotopic (exact) mass is 266 g/mol. The number of nitrogens with one attached hydrogen (secondary N) is 2. The number of sulfonamides is 1. The van der Waals surface area contributed by atoms with Gasteiger partial charge >= 0.3 is 0 Å². The first-order valence-corrected chi connectivity index (χ1v) is 7.78. The van der Waals surface area contributed by atoms with Gasteiger partial charge < -0.3 is 10.1 Å². The summed E-state index contributed by atoms with van der Waals surface area (Å²) in [6, 6.07) is 0.269. The smallest absolute Gasteiger partial charge is 0.211 e. The van der Waals surface area contributed by atoms with E-state index in [2.05, 4.69) is 10.0 Å². The number of methoxy groups -OCH3 is 1. The molecule has 0 aliphatic heterocycles. The first-order valence-electron chi connectivity index (χ1n) is 6.13. The Labute approximate surface area is 105 Å². The Kier molecular flexibility index (Phi) is 8.77. The van der Waals surface area contributed by atoms with Crippen molar-refractivity contribution in [1.82, 2.24) is 10.0 Å². The molecule has 6 heteroatoms. The van der Waals surface area contributed by atoms with E-state index in [0.717, 1.165) is 13.0 Å². The molecule has 0 saturated heterocycles. The molecule has 17 heavy (non-hydrogen) atoms. The minimum atomic E-state index is -3.18. The average molecular weight is 266 g/mol. The topological polar surface area (TPSA) is 67.4 Å². The van der Waals surface area contributed by atoms with Gasteiger partial charge in [0, 0.05) is 19.2 Å². The molecule has 0 amide bonds. The summed E-state index contributed by atoms with van der Waals surface area (Å²) in [4.78, 5) is 0. The van der Waals surface area contributed by atoms with E-state index in [0.29, 0.717) is 19.1 Å². The van der Waals surface area contributed by atoms with E-state index in [1.54, 1.807) is 7.11 Å². The van der Waals surface area contributed by atoms with Crippen LogP contribution in [0.25, 0.3) is 0 Å². The Hall–Kier alpha value is -0.170. The normalized spacial score (nSPS) is 14.2. The van der Waals surface area contributed by atoms with Gasteiger partial charge in [-0.25, -0.2) is 13.1 Å². The van der Waals surface area contributed by atoms with E-state index in [4.69, 9.17) is 4.74 Å². The Morgan fingerprint density at radius 2 is 1.94 bits per heavy atom. The van der Waals surface area contributed by atoms with Crippen molar-refractivity contribution < 1.29 is 13.2 Å². The molecule has 0 fully saturated rings. The molecular formula is C11H26N2O3S.